The van der Waals surface area contributed by atoms with Crippen LogP contribution in [-0.4, -0.2) is 45.0 Å². The van der Waals surface area contributed by atoms with E-state index >= 15 is 8.78 Å². The van der Waals surface area contributed by atoms with E-state index in [9.17, 15) is 14.7 Å². The van der Waals surface area contributed by atoms with Gasteiger partial charge in [-0.3, -0.25) is 14.5 Å². The Labute approximate surface area is 243 Å². The monoisotopic (exact) mass is 578 g/mol. The average molecular weight is 579 g/mol. The maximum Gasteiger partial charge on any atom is 0.273 e. The van der Waals surface area contributed by atoms with E-state index in [4.69, 9.17) is 15.5 Å². The van der Waals surface area contributed by atoms with E-state index in [0.29, 0.717) is 30.6 Å². The Kier molecular flexibility index (Phi) is 6.68. The van der Waals surface area contributed by atoms with Gasteiger partial charge in [0.2, 0.25) is 5.91 Å². The molecular formula is C32H36F2N4O4. The van der Waals surface area contributed by atoms with Crippen molar-refractivity contribution in [2.45, 2.75) is 94.5 Å². The predicted molar refractivity (Wildman–Crippen MR) is 154 cm³/mol. The Bertz CT molecular complexity index is 1520. The van der Waals surface area contributed by atoms with Crippen LogP contribution in [-0.2, 0) is 10.7 Å². The first-order valence-electron chi connectivity index (χ1n) is 14.5. The molecular weight excluding hydrogens is 542 g/mol. The van der Waals surface area contributed by atoms with E-state index in [1.807, 2.05) is 37.3 Å². The predicted octanol–water partition coefficient (Wildman–Crippen LogP) is 5.12. The number of carbonyl (C=O) groups is 2. The molecule has 222 valence electrons. The Morgan fingerprint density at radius 3 is 2.67 bits per heavy atom. The van der Waals surface area contributed by atoms with Crippen LogP contribution >= 0.6 is 0 Å². The number of carbonyl (C=O) groups excluding carboxylic acids is 2. The lowest BCUT2D eigenvalue weighted by molar-refractivity contribution is -0.132. The summed E-state index contributed by atoms with van der Waals surface area (Å²) in [5, 5.41) is 14.2. The molecule has 0 fully saturated rings. The minimum Gasteiger partial charge on any atom is -0.485 e. The number of benzene rings is 2. The van der Waals surface area contributed by atoms with Crippen LogP contribution in [0.1, 0.15) is 104 Å². The van der Waals surface area contributed by atoms with Gasteiger partial charge < -0.3 is 20.9 Å². The molecule has 4 heterocycles. The van der Waals surface area contributed by atoms with Crippen LogP contribution in [0.4, 0.5) is 8.78 Å². The maximum atomic E-state index is 15.1. The minimum atomic E-state index is -3.13. The van der Waals surface area contributed by atoms with Gasteiger partial charge in [-0.2, -0.15) is 0 Å². The number of nitrogens with zero attached hydrogens (tertiary/aromatic N) is 2. The Hall–Kier alpha value is -3.79. The number of rotatable bonds is 1. The third-order valence-electron chi connectivity index (χ3n) is 9.26. The van der Waals surface area contributed by atoms with Gasteiger partial charge in [-0.05, 0) is 74.9 Å². The number of aliphatic hydroxyl groups excluding tert-OH is 1. The molecule has 0 saturated carbocycles. The summed E-state index contributed by atoms with van der Waals surface area (Å²) < 4.78 is 36.4. The van der Waals surface area contributed by atoms with Gasteiger partial charge in [0, 0.05) is 23.1 Å². The number of nitrogens with two attached hydrogens (primary N) is 1. The first-order chi connectivity index (χ1) is 19.8. The summed E-state index contributed by atoms with van der Waals surface area (Å²) in [4.78, 5) is 33.5. The van der Waals surface area contributed by atoms with Crippen molar-refractivity contribution in [1.82, 2.24) is 10.2 Å². The van der Waals surface area contributed by atoms with Crippen molar-refractivity contribution in [1.29, 1.82) is 0 Å². The van der Waals surface area contributed by atoms with Crippen molar-refractivity contribution >= 4 is 23.8 Å². The van der Waals surface area contributed by atoms with Crippen molar-refractivity contribution in [3.63, 3.8) is 0 Å². The number of halogens is 2. The normalized spacial score (nSPS) is 30.4. The molecule has 2 aromatic carbocycles. The summed E-state index contributed by atoms with van der Waals surface area (Å²) in [6.07, 6.45) is 4.30. The largest absolute Gasteiger partial charge is 0.485 e. The van der Waals surface area contributed by atoms with E-state index < -0.39 is 47.6 Å². The van der Waals surface area contributed by atoms with Gasteiger partial charge in [-0.15, -0.1) is 0 Å². The van der Waals surface area contributed by atoms with Crippen LogP contribution in [0.2, 0.25) is 0 Å². The minimum absolute atomic E-state index is 0.0157. The second-order valence-electron chi connectivity index (χ2n) is 12.4. The summed E-state index contributed by atoms with van der Waals surface area (Å²) in [5.74, 6) is -3.37. The van der Waals surface area contributed by atoms with E-state index in [-0.39, 0.29) is 41.4 Å². The highest BCUT2D eigenvalue weighted by atomic mass is 19.3. The van der Waals surface area contributed by atoms with Crippen LogP contribution in [0, 0.1) is 0 Å². The maximum absolute atomic E-state index is 15.1. The van der Waals surface area contributed by atoms with Crippen LogP contribution < -0.4 is 15.8 Å². The number of fused-ring (bicyclic) bond motifs is 4. The summed E-state index contributed by atoms with van der Waals surface area (Å²) >= 11 is 0. The molecule has 2 amide bonds. The number of guanidine groups is 1. The molecule has 7 rings (SSSR count). The molecule has 0 aromatic heterocycles. The van der Waals surface area contributed by atoms with E-state index in [1.54, 1.807) is 13.8 Å². The first-order valence-corrected chi connectivity index (χ1v) is 14.5. The third-order valence-corrected chi connectivity index (χ3v) is 9.26. The second kappa shape index (κ2) is 9.90. The van der Waals surface area contributed by atoms with Crippen LogP contribution in [0.25, 0.3) is 6.08 Å². The van der Waals surface area contributed by atoms with Crippen LogP contribution in [0.3, 0.4) is 0 Å². The van der Waals surface area contributed by atoms with Gasteiger partial charge in [0.15, 0.2) is 5.96 Å². The lowest BCUT2D eigenvalue weighted by Gasteiger charge is -2.43. The molecule has 1 aliphatic carbocycles. The third kappa shape index (κ3) is 4.65. The van der Waals surface area contributed by atoms with E-state index in [2.05, 4.69) is 5.32 Å². The number of hydrogen-bond donors (Lipinski definition) is 3. The molecule has 4 N–H and O–H groups in total. The van der Waals surface area contributed by atoms with Crippen LogP contribution in [0.15, 0.2) is 47.5 Å². The number of aliphatic hydroxyl groups is 1. The number of nitrogens with one attached hydrogen (secondary N) is 1. The van der Waals surface area contributed by atoms with Crippen LogP contribution in [0.5, 0.6) is 5.75 Å². The highest BCUT2D eigenvalue weighted by Crippen LogP contribution is 2.48. The number of alkyl halides is 2. The quantitative estimate of drug-likeness (QED) is 0.434. The number of ether oxygens (including phenoxy) is 1. The van der Waals surface area contributed by atoms with E-state index in [1.165, 1.54) is 23.1 Å². The van der Waals surface area contributed by atoms with Gasteiger partial charge in [-0.25, -0.2) is 13.8 Å². The number of amides is 2. The lowest BCUT2D eigenvalue weighted by Crippen LogP contribution is -2.54. The number of aliphatic imine (C=N–C) groups is 1. The molecule has 6 bridgehead atoms. The van der Waals surface area contributed by atoms with Gasteiger partial charge in [0.1, 0.15) is 17.5 Å². The SMILES string of the molecule is CC[C@@]12CC/C=C\c3ccc4c(c3)[C@@H](NC(=O)c3ccc5c(c3)[C@@H](CCC5(F)F)N(C(=O)C1)C(N)=N2)[C@H](O)C(C)(C)O4. The Morgan fingerprint density at radius 1 is 1.14 bits per heavy atom. The molecule has 5 aliphatic rings. The molecule has 42 heavy (non-hydrogen) atoms. The zero-order chi connectivity index (χ0) is 30.0. The fourth-order valence-corrected chi connectivity index (χ4v) is 6.75. The Morgan fingerprint density at radius 2 is 1.93 bits per heavy atom. The topological polar surface area (TPSA) is 117 Å². The average Bonchev–Trinajstić information content (AvgIpc) is 2.94. The first kappa shape index (κ1) is 28.3. The Balaban J connectivity index is 1.51. The summed E-state index contributed by atoms with van der Waals surface area (Å²) in [7, 11) is 0. The molecule has 10 heteroatoms. The summed E-state index contributed by atoms with van der Waals surface area (Å²) in [6, 6.07) is 8.03. The highest BCUT2D eigenvalue weighted by Gasteiger charge is 2.48. The molecule has 2 aromatic rings. The molecule has 0 saturated heterocycles. The van der Waals surface area contributed by atoms with Gasteiger partial charge in [0.25, 0.3) is 11.8 Å². The fourth-order valence-electron chi connectivity index (χ4n) is 6.75. The molecule has 0 unspecified atom stereocenters. The molecule has 0 spiro atoms. The van der Waals surface area contributed by atoms with Crippen molar-refractivity contribution in [2.24, 2.45) is 10.7 Å². The standard InChI is InChI=1S/C32H36F2N4O4/c1-4-31-13-6-5-7-18-8-11-24-21(15-18)26(27(40)30(2,3)42-24)36-28(41)19-9-10-22-20(16-19)23(12-14-32(22,33)34)38(25(39)17-31)29(35)37-31/h5,7-11,15-16,23,26-27,40H,4,6,12-14,17H2,1-3H3,(H2,35,37)(H,36,41)/b7-5-/t23-,26-,27+,31-/m1/s1. The molecule has 8 nitrogen and oxygen atoms in total. The van der Waals surface area contributed by atoms with Gasteiger partial charge in [0.05, 0.1) is 24.0 Å². The van der Waals surface area contributed by atoms with Crippen molar-refractivity contribution in [3.8, 4) is 5.75 Å². The highest BCUT2D eigenvalue weighted by molar-refractivity contribution is 6.00. The summed E-state index contributed by atoms with van der Waals surface area (Å²) in [5.41, 5.74) is 6.29. The molecule has 4 aliphatic heterocycles. The smallest absolute Gasteiger partial charge is 0.273 e. The lowest BCUT2D eigenvalue weighted by atomic mass is 9.81. The van der Waals surface area contributed by atoms with Crippen molar-refractivity contribution in [2.75, 3.05) is 0 Å². The molecule has 0 radical (unpaired) electrons. The summed E-state index contributed by atoms with van der Waals surface area (Å²) in [6.45, 7) is 5.45. The van der Waals surface area contributed by atoms with Gasteiger partial charge in [-0.1, -0.05) is 31.2 Å². The number of hydrogen-bond acceptors (Lipinski definition) is 6. The second-order valence-corrected chi connectivity index (χ2v) is 12.4. The zero-order valence-electron chi connectivity index (χ0n) is 24.0. The van der Waals surface area contributed by atoms with Crippen molar-refractivity contribution < 1.29 is 28.2 Å². The van der Waals surface area contributed by atoms with Crippen molar-refractivity contribution in [3.05, 3.63) is 70.3 Å². The van der Waals surface area contributed by atoms with Gasteiger partial charge >= 0.3 is 0 Å². The fraction of sp³-hybridized carbons (Fsp3) is 0.469. The zero-order valence-corrected chi connectivity index (χ0v) is 24.0. The molecule has 4 atom stereocenters. The van der Waals surface area contributed by atoms with E-state index in [0.717, 1.165) is 5.56 Å². The number of allylic oxidation sites excluding steroid dienone is 1.